The van der Waals surface area contributed by atoms with E-state index < -0.39 is 0 Å². The van der Waals surface area contributed by atoms with E-state index in [1.165, 1.54) is 16.8 Å². The van der Waals surface area contributed by atoms with E-state index in [1.54, 1.807) is 0 Å². The number of nitrogens with one attached hydrogen (secondary N) is 2. The van der Waals surface area contributed by atoms with Crippen LogP contribution in [0.2, 0.25) is 0 Å². The Labute approximate surface area is 93.1 Å². The van der Waals surface area contributed by atoms with Gasteiger partial charge < -0.3 is 10.6 Å². The van der Waals surface area contributed by atoms with E-state index in [0.29, 0.717) is 0 Å². The Hall–Kier alpha value is -1.02. The molecule has 0 amide bonds. The maximum atomic E-state index is 3.44. The van der Waals surface area contributed by atoms with Crippen LogP contribution in [0.5, 0.6) is 0 Å². The van der Waals surface area contributed by atoms with Gasteiger partial charge in [0.05, 0.1) is 0 Å². The van der Waals surface area contributed by atoms with Crippen LogP contribution in [0.15, 0.2) is 18.2 Å². The lowest BCUT2D eigenvalue weighted by molar-refractivity contribution is 0.448. The van der Waals surface area contributed by atoms with Crippen LogP contribution in [-0.2, 0) is 0 Å². The van der Waals surface area contributed by atoms with Crippen molar-refractivity contribution in [3.63, 3.8) is 0 Å². The van der Waals surface area contributed by atoms with Crippen molar-refractivity contribution in [1.29, 1.82) is 0 Å². The molecule has 15 heavy (non-hydrogen) atoms. The highest BCUT2D eigenvalue weighted by atomic mass is 15.0. The summed E-state index contributed by atoms with van der Waals surface area (Å²) in [5, 5.41) is 6.72. The minimum atomic E-state index is 0.124. The van der Waals surface area contributed by atoms with Crippen molar-refractivity contribution in [3.05, 3.63) is 29.3 Å². The first-order valence-electron chi connectivity index (χ1n) is 5.45. The zero-order valence-electron chi connectivity index (χ0n) is 10.4. The summed E-state index contributed by atoms with van der Waals surface area (Å²) in [6, 6.07) is 6.49. The maximum absolute atomic E-state index is 3.44. The smallest absolute Gasteiger partial charge is 0.0343 e. The summed E-state index contributed by atoms with van der Waals surface area (Å²) in [5.74, 6) is 0. The van der Waals surface area contributed by atoms with Crippen LogP contribution in [0.4, 0.5) is 5.69 Å². The van der Waals surface area contributed by atoms with Gasteiger partial charge >= 0.3 is 0 Å². The summed E-state index contributed by atoms with van der Waals surface area (Å²) < 4.78 is 0. The van der Waals surface area contributed by atoms with E-state index in [4.69, 9.17) is 0 Å². The summed E-state index contributed by atoms with van der Waals surface area (Å²) in [7, 11) is 1.99. The molecule has 0 aromatic heterocycles. The van der Waals surface area contributed by atoms with Gasteiger partial charge in [-0.25, -0.2) is 0 Å². The van der Waals surface area contributed by atoms with Gasteiger partial charge in [-0.1, -0.05) is 6.07 Å². The molecule has 0 saturated carbocycles. The summed E-state index contributed by atoms with van der Waals surface area (Å²) in [5.41, 5.74) is 4.00. The first-order chi connectivity index (χ1) is 6.94. The number of aryl methyl sites for hydroxylation is 2. The molecule has 84 valence electrons. The number of hydrogen-bond acceptors (Lipinski definition) is 2. The van der Waals surface area contributed by atoms with E-state index in [1.807, 2.05) is 7.05 Å². The van der Waals surface area contributed by atoms with Crippen molar-refractivity contribution < 1.29 is 0 Å². The molecular weight excluding hydrogens is 184 g/mol. The third-order valence-electron chi connectivity index (χ3n) is 2.92. The third kappa shape index (κ3) is 3.56. The van der Waals surface area contributed by atoms with Gasteiger partial charge in [0.1, 0.15) is 0 Å². The van der Waals surface area contributed by atoms with Gasteiger partial charge in [0, 0.05) is 17.8 Å². The molecule has 0 bridgehead atoms. The molecule has 2 N–H and O–H groups in total. The fraction of sp³-hybridized carbons (Fsp3) is 0.538. The summed E-state index contributed by atoms with van der Waals surface area (Å²) in [4.78, 5) is 0. The molecule has 0 aliphatic carbocycles. The van der Waals surface area contributed by atoms with Crippen molar-refractivity contribution in [1.82, 2.24) is 5.32 Å². The minimum Gasteiger partial charge on any atom is -0.383 e. The molecule has 0 saturated heterocycles. The Bertz CT molecular complexity index is 329. The first-order valence-corrected chi connectivity index (χ1v) is 5.45. The van der Waals surface area contributed by atoms with E-state index >= 15 is 0 Å². The topological polar surface area (TPSA) is 24.1 Å². The number of anilines is 1. The predicted molar refractivity (Wildman–Crippen MR) is 67.5 cm³/mol. The fourth-order valence-electron chi connectivity index (χ4n) is 1.26. The largest absolute Gasteiger partial charge is 0.383 e. The highest BCUT2D eigenvalue weighted by molar-refractivity contribution is 5.48. The van der Waals surface area contributed by atoms with Crippen LogP contribution in [0, 0.1) is 13.8 Å². The lowest BCUT2D eigenvalue weighted by Crippen LogP contribution is -2.42. The zero-order valence-corrected chi connectivity index (χ0v) is 10.4. The van der Waals surface area contributed by atoms with Gasteiger partial charge in [0.15, 0.2) is 0 Å². The quantitative estimate of drug-likeness (QED) is 0.791. The average Bonchev–Trinajstić information content (AvgIpc) is 2.20. The molecule has 1 aromatic carbocycles. The van der Waals surface area contributed by atoms with Gasteiger partial charge in [0.25, 0.3) is 0 Å². The van der Waals surface area contributed by atoms with Crippen LogP contribution in [0.1, 0.15) is 25.0 Å². The van der Waals surface area contributed by atoms with E-state index in [0.717, 1.165) is 6.54 Å². The first kappa shape index (κ1) is 12.1. The van der Waals surface area contributed by atoms with Gasteiger partial charge in [-0.05, 0) is 58.0 Å². The summed E-state index contributed by atoms with van der Waals surface area (Å²) >= 11 is 0. The van der Waals surface area contributed by atoms with Crippen LogP contribution in [0.25, 0.3) is 0 Å². The maximum Gasteiger partial charge on any atom is 0.0343 e. The van der Waals surface area contributed by atoms with Crippen LogP contribution < -0.4 is 10.6 Å². The Balaban J connectivity index is 2.62. The van der Waals surface area contributed by atoms with E-state index in [2.05, 4.69) is 56.5 Å². The number of benzene rings is 1. The molecule has 0 aliphatic rings. The summed E-state index contributed by atoms with van der Waals surface area (Å²) in [6.07, 6.45) is 0. The molecule has 0 heterocycles. The van der Waals surface area contributed by atoms with Crippen LogP contribution in [0.3, 0.4) is 0 Å². The average molecular weight is 206 g/mol. The lowest BCUT2D eigenvalue weighted by Gasteiger charge is -2.25. The molecule has 1 aromatic rings. The van der Waals surface area contributed by atoms with Crippen molar-refractivity contribution >= 4 is 5.69 Å². The lowest BCUT2D eigenvalue weighted by atomic mass is 10.1. The third-order valence-corrected chi connectivity index (χ3v) is 2.92. The predicted octanol–water partition coefficient (Wildman–Crippen LogP) is 2.71. The molecule has 0 atom stereocenters. The molecule has 0 fully saturated rings. The molecule has 2 heteroatoms. The molecule has 2 nitrogen and oxygen atoms in total. The molecule has 0 unspecified atom stereocenters. The zero-order chi connectivity index (χ0) is 11.5. The molecule has 0 spiro atoms. The van der Waals surface area contributed by atoms with Crippen molar-refractivity contribution in [3.8, 4) is 0 Å². The molecule has 0 aliphatic heterocycles. The fourth-order valence-corrected chi connectivity index (χ4v) is 1.26. The highest BCUT2D eigenvalue weighted by Gasteiger charge is 2.13. The minimum absolute atomic E-state index is 0.124. The monoisotopic (exact) mass is 206 g/mol. The molecular formula is C13H22N2. The van der Waals surface area contributed by atoms with E-state index in [-0.39, 0.29) is 5.54 Å². The van der Waals surface area contributed by atoms with Crippen LogP contribution in [-0.4, -0.2) is 19.1 Å². The Morgan fingerprint density at radius 3 is 2.33 bits per heavy atom. The SMILES string of the molecule is CNC(C)(C)CNc1ccc(C)c(C)c1. The van der Waals surface area contributed by atoms with Gasteiger partial charge in [-0.15, -0.1) is 0 Å². The summed E-state index contributed by atoms with van der Waals surface area (Å²) in [6.45, 7) is 9.56. The standard InChI is InChI=1S/C13H22N2/c1-10-6-7-12(8-11(10)2)15-9-13(3,4)14-5/h6-8,14-15H,9H2,1-5H3. The Morgan fingerprint density at radius 2 is 1.80 bits per heavy atom. The van der Waals surface area contributed by atoms with Crippen molar-refractivity contribution in [2.24, 2.45) is 0 Å². The highest BCUT2D eigenvalue weighted by Crippen LogP contribution is 2.15. The Morgan fingerprint density at radius 1 is 1.13 bits per heavy atom. The van der Waals surface area contributed by atoms with Crippen LogP contribution >= 0.6 is 0 Å². The van der Waals surface area contributed by atoms with Crippen molar-refractivity contribution in [2.45, 2.75) is 33.2 Å². The van der Waals surface area contributed by atoms with Gasteiger partial charge in [-0.3, -0.25) is 0 Å². The van der Waals surface area contributed by atoms with Gasteiger partial charge in [0.2, 0.25) is 0 Å². The number of hydrogen-bond donors (Lipinski definition) is 2. The second-order valence-corrected chi connectivity index (χ2v) is 4.79. The van der Waals surface area contributed by atoms with E-state index in [9.17, 15) is 0 Å². The second kappa shape index (κ2) is 4.67. The second-order valence-electron chi connectivity index (χ2n) is 4.79. The molecule has 0 radical (unpaired) electrons. The molecule has 1 rings (SSSR count). The van der Waals surface area contributed by atoms with Gasteiger partial charge in [-0.2, -0.15) is 0 Å². The van der Waals surface area contributed by atoms with Crippen molar-refractivity contribution in [2.75, 3.05) is 18.9 Å². The number of likely N-dealkylation sites (N-methyl/N-ethyl adjacent to an activating group) is 1. The Kier molecular flexibility index (Phi) is 3.75. The number of rotatable bonds is 4. The normalized spacial score (nSPS) is 11.5.